The Hall–Kier alpha value is -2.36. The Bertz CT molecular complexity index is 704. The van der Waals surface area contributed by atoms with E-state index < -0.39 is 0 Å². The van der Waals surface area contributed by atoms with Gasteiger partial charge in [-0.05, 0) is 29.8 Å². The molecule has 19 heavy (non-hydrogen) atoms. The van der Waals surface area contributed by atoms with E-state index in [0.717, 1.165) is 22.7 Å². The molecule has 0 bridgehead atoms. The Morgan fingerprint density at radius 1 is 1.16 bits per heavy atom. The first-order valence-corrected chi connectivity index (χ1v) is 6.02. The maximum atomic E-state index is 13.5. The van der Waals surface area contributed by atoms with Crippen LogP contribution in [-0.4, -0.2) is 17.1 Å². The number of imidazole rings is 1. The van der Waals surface area contributed by atoms with E-state index in [-0.39, 0.29) is 5.82 Å². The highest BCUT2D eigenvalue weighted by molar-refractivity contribution is 5.75. The Morgan fingerprint density at radius 2 is 1.95 bits per heavy atom. The van der Waals surface area contributed by atoms with Gasteiger partial charge in [0.15, 0.2) is 5.82 Å². The zero-order valence-corrected chi connectivity index (χ0v) is 10.5. The first-order chi connectivity index (χ1) is 9.26. The standard InChI is InChI=1S/C15H13FN2O/c1-19-11-7-5-10(6-8-11)9-14-17-13-4-2-3-12(16)15(13)18-14/h2-8H,9H2,1H3,(H,17,18). The third-order valence-corrected chi connectivity index (χ3v) is 3.04. The first-order valence-electron chi connectivity index (χ1n) is 6.02. The number of hydrogen-bond donors (Lipinski definition) is 1. The molecular weight excluding hydrogens is 243 g/mol. The van der Waals surface area contributed by atoms with Crippen molar-refractivity contribution in [3.63, 3.8) is 0 Å². The van der Waals surface area contributed by atoms with Crippen molar-refractivity contribution in [2.24, 2.45) is 0 Å². The molecule has 1 aromatic heterocycles. The van der Waals surface area contributed by atoms with Crippen molar-refractivity contribution in [2.75, 3.05) is 7.11 Å². The van der Waals surface area contributed by atoms with E-state index in [2.05, 4.69) is 9.97 Å². The van der Waals surface area contributed by atoms with E-state index >= 15 is 0 Å². The van der Waals surface area contributed by atoms with Crippen LogP contribution in [0.1, 0.15) is 11.4 Å². The number of methoxy groups -OCH3 is 1. The van der Waals surface area contributed by atoms with Crippen LogP contribution >= 0.6 is 0 Å². The minimum Gasteiger partial charge on any atom is -0.497 e. The average molecular weight is 256 g/mol. The van der Waals surface area contributed by atoms with Gasteiger partial charge in [0.25, 0.3) is 0 Å². The molecule has 0 saturated carbocycles. The third kappa shape index (κ3) is 2.29. The maximum Gasteiger partial charge on any atom is 0.151 e. The second kappa shape index (κ2) is 4.72. The number of halogens is 1. The number of benzene rings is 2. The van der Waals surface area contributed by atoms with Gasteiger partial charge < -0.3 is 9.72 Å². The number of aromatic nitrogens is 2. The van der Waals surface area contributed by atoms with E-state index in [1.54, 1.807) is 13.2 Å². The highest BCUT2D eigenvalue weighted by Gasteiger charge is 2.07. The summed E-state index contributed by atoms with van der Waals surface area (Å²) < 4.78 is 18.6. The lowest BCUT2D eigenvalue weighted by atomic mass is 10.1. The second-order valence-electron chi connectivity index (χ2n) is 4.34. The van der Waals surface area contributed by atoms with Gasteiger partial charge in [-0.15, -0.1) is 0 Å². The zero-order chi connectivity index (χ0) is 13.2. The Morgan fingerprint density at radius 3 is 2.63 bits per heavy atom. The fraction of sp³-hybridized carbons (Fsp3) is 0.133. The third-order valence-electron chi connectivity index (χ3n) is 3.04. The molecule has 0 radical (unpaired) electrons. The fourth-order valence-electron chi connectivity index (χ4n) is 2.07. The van der Waals surface area contributed by atoms with Gasteiger partial charge in [-0.1, -0.05) is 18.2 Å². The molecule has 0 atom stereocenters. The van der Waals surface area contributed by atoms with Crippen molar-refractivity contribution in [1.29, 1.82) is 0 Å². The van der Waals surface area contributed by atoms with Crippen molar-refractivity contribution >= 4 is 11.0 Å². The van der Waals surface area contributed by atoms with Crippen LogP contribution in [-0.2, 0) is 6.42 Å². The number of nitrogens with zero attached hydrogens (tertiary/aromatic N) is 1. The van der Waals surface area contributed by atoms with Crippen molar-refractivity contribution < 1.29 is 9.13 Å². The number of H-pyrrole nitrogens is 1. The predicted octanol–water partition coefficient (Wildman–Crippen LogP) is 3.30. The number of hydrogen-bond acceptors (Lipinski definition) is 2. The summed E-state index contributed by atoms with van der Waals surface area (Å²) in [7, 11) is 1.64. The topological polar surface area (TPSA) is 37.9 Å². The van der Waals surface area contributed by atoms with Gasteiger partial charge in [0.05, 0.1) is 12.6 Å². The second-order valence-corrected chi connectivity index (χ2v) is 4.34. The molecular formula is C15H13FN2O. The quantitative estimate of drug-likeness (QED) is 0.780. The smallest absolute Gasteiger partial charge is 0.151 e. The molecule has 2 aromatic carbocycles. The lowest BCUT2D eigenvalue weighted by molar-refractivity contribution is 0.414. The van der Waals surface area contributed by atoms with Gasteiger partial charge in [-0.25, -0.2) is 9.37 Å². The molecule has 0 aliphatic heterocycles. The van der Waals surface area contributed by atoms with Gasteiger partial charge in [0.2, 0.25) is 0 Å². The molecule has 1 heterocycles. The Kier molecular flexibility index (Phi) is 2.91. The summed E-state index contributed by atoms with van der Waals surface area (Å²) in [5.74, 6) is 1.28. The lowest BCUT2D eigenvalue weighted by Crippen LogP contribution is -1.91. The van der Waals surface area contributed by atoms with E-state index in [1.807, 2.05) is 30.3 Å². The zero-order valence-electron chi connectivity index (χ0n) is 10.5. The van der Waals surface area contributed by atoms with Gasteiger partial charge in [-0.3, -0.25) is 0 Å². The number of para-hydroxylation sites is 1. The van der Waals surface area contributed by atoms with Crippen LogP contribution in [0, 0.1) is 5.82 Å². The number of fused-ring (bicyclic) bond motifs is 1. The summed E-state index contributed by atoms with van der Waals surface area (Å²) in [6.45, 7) is 0. The van der Waals surface area contributed by atoms with E-state index in [9.17, 15) is 4.39 Å². The molecule has 0 fully saturated rings. The summed E-state index contributed by atoms with van der Waals surface area (Å²) in [6.07, 6.45) is 0.637. The van der Waals surface area contributed by atoms with Crippen molar-refractivity contribution in [2.45, 2.75) is 6.42 Å². The number of nitrogens with one attached hydrogen (secondary N) is 1. The van der Waals surface area contributed by atoms with Crippen LogP contribution in [0.4, 0.5) is 4.39 Å². The van der Waals surface area contributed by atoms with Crippen LogP contribution in [0.2, 0.25) is 0 Å². The summed E-state index contributed by atoms with van der Waals surface area (Å²) in [4.78, 5) is 7.42. The van der Waals surface area contributed by atoms with Gasteiger partial charge >= 0.3 is 0 Å². The van der Waals surface area contributed by atoms with Crippen LogP contribution in [0.5, 0.6) is 5.75 Å². The van der Waals surface area contributed by atoms with Crippen molar-refractivity contribution in [3.8, 4) is 5.75 Å². The number of rotatable bonds is 3. The van der Waals surface area contributed by atoms with E-state index in [1.165, 1.54) is 6.07 Å². The van der Waals surface area contributed by atoms with E-state index in [0.29, 0.717) is 11.9 Å². The molecule has 0 aliphatic rings. The van der Waals surface area contributed by atoms with Gasteiger partial charge in [0.1, 0.15) is 17.1 Å². The molecule has 0 spiro atoms. The highest BCUT2D eigenvalue weighted by atomic mass is 19.1. The highest BCUT2D eigenvalue weighted by Crippen LogP contribution is 2.18. The summed E-state index contributed by atoms with van der Waals surface area (Å²) in [5, 5.41) is 0. The molecule has 0 unspecified atom stereocenters. The molecule has 3 aromatic rings. The van der Waals surface area contributed by atoms with Crippen molar-refractivity contribution in [3.05, 3.63) is 59.7 Å². The summed E-state index contributed by atoms with van der Waals surface area (Å²) in [5.41, 5.74) is 2.22. The lowest BCUT2D eigenvalue weighted by Gasteiger charge is -2.01. The van der Waals surface area contributed by atoms with Crippen molar-refractivity contribution in [1.82, 2.24) is 9.97 Å². The molecule has 0 aliphatic carbocycles. The van der Waals surface area contributed by atoms with Crippen LogP contribution in [0.3, 0.4) is 0 Å². The first kappa shape index (κ1) is 11.7. The molecule has 4 heteroatoms. The average Bonchev–Trinajstić information content (AvgIpc) is 2.84. The molecule has 3 rings (SSSR count). The van der Waals surface area contributed by atoms with Gasteiger partial charge in [0, 0.05) is 6.42 Å². The number of aromatic amines is 1. The molecule has 96 valence electrons. The molecule has 0 saturated heterocycles. The molecule has 0 amide bonds. The summed E-state index contributed by atoms with van der Waals surface area (Å²) in [6, 6.07) is 12.7. The van der Waals surface area contributed by atoms with Crippen LogP contribution < -0.4 is 4.74 Å². The Labute approximate surface area is 110 Å². The molecule has 1 N–H and O–H groups in total. The fourth-order valence-corrected chi connectivity index (χ4v) is 2.07. The SMILES string of the molecule is COc1ccc(Cc2nc3c(F)cccc3[nH]2)cc1. The van der Waals surface area contributed by atoms with Gasteiger partial charge in [-0.2, -0.15) is 0 Å². The Balaban J connectivity index is 1.90. The maximum absolute atomic E-state index is 13.5. The minimum atomic E-state index is -0.297. The number of ether oxygens (including phenoxy) is 1. The largest absolute Gasteiger partial charge is 0.497 e. The van der Waals surface area contributed by atoms with Crippen LogP contribution in [0.15, 0.2) is 42.5 Å². The monoisotopic (exact) mass is 256 g/mol. The normalized spacial score (nSPS) is 10.8. The van der Waals surface area contributed by atoms with E-state index in [4.69, 9.17) is 4.74 Å². The predicted molar refractivity (Wildman–Crippen MR) is 71.9 cm³/mol. The van der Waals surface area contributed by atoms with Crippen LogP contribution in [0.25, 0.3) is 11.0 Å². The molecule has 3 nitrogen and oxygen atoms in total. The minimum absolute atomic E-state index is 0.297. The summed E-state index contributed by atoms with van der Waals surface area (Å²) >= 11 is 0.